The zero-order valence-electron chi connectivity index (χ0n) is 16.1. The molecule has 2 unspecified atom stereocenters. The maximum atomic E-state index is 12.3. The number of piperidine rings is 1. The van der Waals surface area contributed by atoms with Crippen molar-refractivity contribution >= 4 is 22.9 Å². The van der Waals surface area contributed by atoms with Gasteiger partial charge >= 0.3 is 6.09 Å². The van der Waals surface area contributed by atoms with Crippen LogP contribution in [-0.2, 0) is 4.74 Å². The summed E-state index contributed by atoms with van der Waals surface area (Å²) in [6, 6.07) is 4.03. The van der Waals surface area contributed by atoms with Gasteiger partial charge < -0.3 is 15.0 Å². The van der Waals surface area contributed by atoms with E-state index in [1.165, 1.54) is 6.33 Å². The van der Waals surface area contributed by atoms with E-state index in [1.54, 1.807) is 4.90 Å². The number of aromatic nitrogens is 3. The average molecular weight is 357 g/mol. The molecule has 3 rings (SSSR count). The summed E-state index contributed by atoms with van der Waals surface area (Å²) in [5.41, 5.74) is 2.17. The Morgan fingerprint density at radius 3 is 2.73 bits per heavy atom. The fourth-order valence-electron chi connectivity index (χ4n) is 3.42. The van der Waals surface area contributed by atoms with Crippen LogP contribution in [0.3, 0.4) is 0 Å². The molecule has 1 fully saturated rings. The molecule has 0 aromatic carbocycles. The Morgan fingerprint density at radius 1 is 1.31 bits per heavy atom. The molecule has 0 bridgehead atoms. The van der Waals surface area contributed by atoms with Crippen molar-refractivity contribution in [3.63, 3.8) is 0 Å². The van der Waals surface area contributed by atoms with Crippen molar-refractivity contribution in [1.82, 2.24) is 19.9 Å². The van der Waals surface area contributed by atoms with E-state index in [9.17, 15) is 4.79 Å². The second kappa shape index (κ2) is 7.05. The molecule has 2 aromatic heterocycles. The number of nitrogens with zero attached hydrogens (tertiary/aromatic N) is 4. The number of rotatable bonds is 2. The fourth-order valence-corrected chi connectivity index (χ4v) is 3.42. The number of carbonyl (C=O) groups is 1. The molecular weight excluding hydrogens is 330 g/mol. The summed E-state index contributed by atoms with van der Waals surface area (Å²) in [6.45, 7) is 9.18. The predicted octanol–water partition coefficient (Wildman–Crippen LogP) is 3.43. The van der Waals surface area contributed by atoms with Crippen LogP contribution in [0.5, 0.6) is 0 Å². The van der Waals surface area contributed by atoms with Crippen molar-refractivity contribution in [1.29, 1.82) is 0 Å². The summed E-state index contributed by atoms with van der Waals surface area (Å²) < 4.78 is 5.50. The van der Waals surface area contributed by atoms with Gasteiger partial charge in [0.15, 0.2) is 5.82 Å². The summed E-state index contributed by atoms with van der Waals surface area (Å²) >= 11 is 0. The largest absolute Gasteiger partial charge is 0.444 e. The van der Waals surface area contributed by atoms with E-state index in [-0.39, 0.29) is 6.09 Å². The number of hydrogen-bond donors (Lipinski definition) is 1. The third-order valence-corrected chi connectivity index (χ3v) is 4.68. The lowest BCUT2D eigenvalue weighted by molar-refractivity contribution is 0.0154. The Balaban J connectivity index is 1.77. The maximum absolute atomic E-state index is 12.3. The minimum absolute atomic E-state index is 0.236. The van der Waals surface area contributed by atoms with E-state index < -0.39 is 5.60 Å². The van der Waals surface area contributed by atoms with E-state index in [2.05, 4.69) is 22.2 Å². The normalized spacial score (nSPS) is 20.9. The first kappa shape index (κ1) is 18.4. The minimum Gasteiger partial charge on any atom is -0.444 e. The zero-order chi connectivity index (χ0) is 18.9. The van der Waals surface area contributed by atoms with Crippen LogP contribution in [0.2, 0.25) is 0 Å². The van der Waals surface area contributed by atoms with Gasteiger partial charge in [0, 0.05) is 31.7 Å². The summed E-state index contributed by atoms with van der Waals surface area (Å²) in [7, 11) is 1.83. The first-order valence-corrected chi connectivity index (χ1v) is 9.06. The van der Waals surface area contributed by atoms with Gasteiger partial charge in [0.05, 0.1) is 5.52 Å². The second-order valence-electron chi connectivity index (χ2n) is 7.87. The molecule has 0 spiro atoms. The van der Waals surface area contributed by atoms with Crippen LogP contribution in [0.25, 0.3) is 11.0 Å². The van der Waals surface area contributed by atoms with Crippen LogP contribution < -0.4 is 5.32 Å². The van der Waals surface area contributed by atoms with Crippen LogP contribution in [0.15, 0.2) is 18.5 Å². The van der Waals surface area contributed by atoms with Crippen LogP contribution in [-0.4, -0.2) is 51.7 Å². The Morgan fingerprint density at radius 2 is 2.08 bits per heavy atom. The molecule has 26 heavy (non-hydrogen) atoms. The van der Waals surface area contributed by atoms with Gasteiger partial charge in [-0.05, 0) is 45.2 Å². The highest BCUT2D eigenvalue weighted by molar-refractivity contribution is 5.84. The number of hydrogen-bond acceptors (Lipinski definition) is 6. The first-order valence-electron chi connectivity index (χ1n) is 9.06. The van der Waals surface area contributed by atoms with Gasteiger partial charge in [-0.3, -0.25) is 0 Å². The molecule has 1 amide bonds. The number of ether oxygens (including phenoxy) is 1. The predicted molar refractivity (Wildman–Crippen MR) is 101 cm³/mol. The molecule has 140 valence electrons. The van der Waals surface area contributed by atoms with E-state index in [0.717, 1.165) is 29.0 Å². The third-order valence-electron chi connectivity index (χ3n) is 4.68. The number of nitrogens with one attached hydrogen (secondary N) is 1. The van der Waals surface area contributed by atoms with Crippen molar-refractivity contribution in [2.45, 2.75) is 45.6 Å². The quantitative estimate of drug-likeness (QED) is 0.887. The lowest BCUT2D eigenvalue weighted by Crippen LogP contribution is -2.44. The molecule has 0 aliphatic carbocycles. The third kappa shape index (κ3) is 3.86. The molecular formula is C19H27N5O2. The summed E-state index contributed by atoms with van der Waals surface area (Å²) in [5.74, 6) is 1.32. The van der Waals surface area contributed by atoms with Gasteiger partial charge in [-0.2, -0.15) is 0 Å². The van der Waals surface area contributed by atoms with Crippen LogP contribution >= 0.6 is 0 Å². The van der Waals surface area contributed by atoms with Crippen molar-refractivity contribution in [2.24, 2.45) is 5.92 Å². The van der Waals surface area contributed by atoms with Gasteiger partial charge in [-0.25, -0.2) is 19.7 Å². The number of pyridine rings is 1. The van der Waals surface area contributed by atoms with Crippen molar-refractivity contribution < 1.29 is 9.53 Å². The highest BCUT2D eigenvalue weighted by Crippen LogP contribution is 2.33. The average Bonchev–Trinajstić information content (AvgIpc) is 2.59. The minimum atomic E-state index is -0.472. The Kier molecular flexibility index (Phi) is 4.98. The fraction of sp³-hybridized carbons (Fsp3) is 0.579. The topological polar surface area (TPSA) is 80.2 Å². The highest BCUT2D eigenvalue weighted by atomic mass is 16.6. The van der Waals surface area contributed by atoms with Gasteiger partial charge in [-0.15, -0.1) is 0 Å². The summed E-state index contributed by atoms with van der Waals surface area (Å²) in [6.07, 6.45) is 2.17. The molecule has 0 saturated carbocycles. The number of likely N-dealkylation sites (tertiary alicyclic amines) is 1. The van der Waals surface area contributed by atoms with Gasteiger partial charge in [0.2, 0.25) is 0 Å². The number of amides is 1. The molecule has 1 aliphatic heterocycles. The van der Waals surface area contributed by atoms with Gasteiger partial charge in [-0.1, -0.05) is 6.92 Å². The zero-order valence-corrected chi connectivity index (χ0v) is 16.1. The van der Waals surface area contributed by atoms with E-state index in [4.69, 9.17) is 9.72 Å². The molecule has 0 radical (unpaired) electrons. The van der Waals surface area contributed by atoms with E-state index >= 15 is 0 Å². The number of carbonyl (C=O) groups excluding carboxylic acids is 1. The Labute approximate surface area is 154 Å². The van der Waals surface area contributed by atoms with Crippen molar-refractivity contribution in [3.8, 4) is 0 Å². The molecule has 2 atom stereocenters. The smallest absolute Gasteiger partial charge is 0.410 e. The SMILES string of the molecule is CNc1ncnc2ccc(C3CCN(C(=O)OC(C)(C)C)CC3C)nc12. The maximum Gasteiger partial charge on any atom is 0.410 e. The molecule has 7 heteroatoms. The van der Waals surface area contributed by atoms with Crippen molar-refractivity contribution in [2.75, 3.05) is 25.5 Å². The summed E-state index contributed by atoms with van der Waals surface area (Å²) in [5, 5.41) is 3.07. The van der Waals surface area contributed by atoms with Gasteiger partial charge in [0.25, 0.3) is 0 Å². The first-order chi connectivity index (χ1) is 12.3. The standard InChI is InChI=1S/C19H27N5O2/c1-12-10-24(18(25)26-19(2,3)4)9-8-13(12)14-6-7-15-16(23-14)17(20-5)22-11-21-15/h6-7,11-13H,8-10H2,1-5H3,(H,20,21,22). The van der Waals surface area contributed by atoms with Crippen LogP contribution in [0.1, 0.15) is 45.7 Å². The Bertz CT molecular complexity index is 802. The summed E-state index contributed by atoms with van der Waals surface area (Å²) in [4.78, 5) is 27.5. The Hall–Kier alpha value is -2.44. The van der Waals surface area contributed by atoms with E-state index in [0.29, 0.717) is 24.9 Å². The lowest BCUT2D eigenvalue weighted by Gasteiger charge is -2.37. The highest BCUT2D eigenvalue weighted by Gasteiger charge is 2.32. The molecule has 7 nitrogen and oxygen atoms in total. The van der Waals surface area contributed by atoms with Crippen molar-refractivity contribution in [3.05, 3.63) is 24.2 Å². The van der Waals surface area contributed by atoms with E-state index in [1.807, 2.05) is 40.0 Å². The molecule has 2 aromatic rings. The van der Waals surface area contributed by atoms with Gasteiger partial charge in [0.1, 0.15) is 17.4 Å². The molecule has 1 N–H and O–H groups in total. The van der Waals surface area contributed by atoms with Crippen LogP contribution in [0, 0.1) is 5.92 Å². The van der Waals surface area contributed by atoms with Crippen LogP contribution in [0.4, 0.5) is 10.6 Å². The monoisotopic (exact) mass is 357 g/mol. The second-order valence-corrected chi connectivity index (χ2v) is 7.87. The molecule has 3 heterocycles. The number of anilines is 1. The lowest BCUT2D eigenvalue weighted by atomic mass is 9.84. The molecule has 1 aliphatic rings. The number of fused-ring (bicyclic) bond motifs is 1. The molecule has 1 saturated heterocycles.